The van der Waals surface area contributed by atoms with E-state index in [2.05, 4.69) is 11.6 Å². The van der Waals surface area contributed by atoms with Crippen LogP contribution in [0.1, 0.15) is 0 Å². The Hall–Kier alpha value is -0.960. The molecule has 0 fully saturated rings. The highest BCUT2D eigenvalue weighted by atomic mass is 35.5. The lowest BCUT2D eigenvalue weighted by Crippen LogP contribution is -2.15. The van der Waals surface area contributed by atoms with Gasteiger partial charge in [0.15, 0.2) is 0 Å². The first-order chi connectivity index (χ1) is 4.70. The highest BCUT2D eigenvalue weighted by Crippen LogP contribution is 1.97. The summed E-state index contributed by atoms with van der Waals surface area (Å²) in [5.74, 6) is 0. The number of allylic oxidation sites excluding steroid dienone is 1. The molecule has 54 valence electrons. The molecule has 0 spiro atoms. The van der Waals surface area contributed by atoms with E-state index >= 15 is 0 Å². The van der Waals surface area contributed by atoms with E-state index < -0.39 is 0 Å². The van der Waals surface area contributed by atoms with Gasteiger partial charge in [-0.15, -0.1) is 0 Å². The van der Waals surface area contributed by atoms with Crippen molar-refractivity contribution in [2.24, 2.45) is 0 Å². The van der Waals surface area contributed by atoms with Crippen molar-refractivity contribution in [3.05, 3.63) is 34.5 Å². The quantitative estimate of drug-likeness (QED) is 0.683. The largest absolute Gasteiger partial charge is 0.325 e. The van der Waals surface area contributed by atoms with E-state index in [0.29, 0.717) is 11.6 Å². The van der Waals surface area contributed by atoms with Gasteiger partial charge in [0.1, 0.15) is 0 Å². The van der Waals surface area contributed by atoms with Crippen LogP contribution in [0.2, 0.25) is 0 Å². The van der Waals surface area contributed by atoms with Gasteiger partial charge >= 0.3 is 5.69 Å². The monoisotopic (exact) mass is 158 g/mol. The van der Waals surface area contributed by atoms with Crippen LogP contribution in [-0.2, 0) is 6.54 Å². The molecule has 0 radical (unpaired) electrons. The lowest BCUT2D eigenvalue weighted by atomic mass is 10.6. The SMILES string of the molecule is C=C(Cl)Cn1cc[nH]c1=O. The molecular formula is C6H7ClN2O. The third-order valence-corrected chi connectivity index (χ3v) is 1.18. The molecule has 0 unspecified atom stereocenters. The van der Waals surface area contributed by atoms with Crippen LogP contribution in [0.3, 0.4) is 0 Å². The van der Waals surface area contributed by atoms with Crippen molar-refractivity contribution in [1.29, 1.82) is 0 Å². The molecule has 0 aliphatic heterocycles. The molecular weight excluding hydrogens is 152 g/mol. The molecule has 0 aliphatic rings. The summed E-state index contributed by atoms with van der Waals surface area (Å²) in [5, 5.41) is 0.446. The summed E-state index contributed by atoms with van der Waals surface area (Å²) in [6, 6.07) is 0. The molecule has 1 rings (SSSR count). The van der Waals surface area contributed by atoms with Gasteiger partial charge in [0, 0.05) is 17.4 Å². The summed E-state index contributed by atoms with van der Waals surface area (Å²) in [6.07, 6.45) is 3.18. The average Bonchev–Trinajstić information content (AvgIpc) is 2.15. The van der Waals surface area contributed by atoms with E-state index in [4.69, 9.17) is 11.6 Å². The van der Waals surface area contributed by atoms with Crippen molar-refractivity contribution >= 4 is 11.6 Å². The zero-order chi connectivity index (χ0) is 7.56. The fourth-order valence-electron chi connectivity index (χ4n) is 0.658. The number of nitrogens with zero attached hydrogens (tertiary/aromatic N) is 1. The van der Waals surface area contributed by atoms with Gasteiger partial charge in [-0.25, -0.2) is 4.79 Å². The highest BCUT2D eigenvalue weighted by Gasteiger charge is 1.94. The van der Waals surface area contributed by atoms with Crippen LogP contribution in [0.15, 0.2) is 28.8 Å². The Balaban J connectivity index is 2.85. The number of aromatic nitrogens is 2. The van der Waals surface area contributed by atoms with Crippen molar-refractivity contribution in [3.63, 3.8) is 0 Å². The fraction of sp³-hybridized carbons (Fsp3) is 0.167. The van der Waals surface area contributed by atoms with Crippen LogP contribution in [0, 0.1) is 0 Å². The fourth-order valence-corrected chi connectivity index (χ4v) is 0.787. The summed E-state index contributed by atoms with van der Waals surface area (Å²) in [5.41, 5.74) is -0.165. The van der Waals surface area contributed by atoms with Crippen LogP contribution >= 0.6 is 11.6 Å². The molecule has 10 heavy (non-hydrogen) atoms. The van der Waals surface area contributed by atoms with Crippen molar-refractivity contribution < 1.29 is 0 Å². The maximum atomic E-state index is 10.8. The third-order valence-electron chi connectivity index (χ3n) is 1.06. The minimum atomic E-state index is -0.165. The van der Waals surface area contributed by atoms with Gasteiger partial charge < -0.3 is 4.98 Å². The molecule has 4 heteroatoms. The average molecular weight is 159 g/mol. The van der Waals surface area contributed by atoms with Crippen molar-refractivity contribution in [3.8, 4) is 0 Å². The van der Waals surface area contributed by atoms with Crippen LogP contribution in [0.25, 0.3) is 0 Å². The normalized spacial score (nSPS) is 9.70. The number of rotatable bonds is 2. The number of hydrogen-bond donors (Lipinski definition) is 1. The lowest BCUT2D eigenvalue weighted by Gasteiger charge is -1.94. The van der Waals surface area contributed by atoms with Gasteiger partial charge in [0.05, 0.1) is 6.54 Å². The predicted molar refractivity (Wildman–Crippen MR) is 40.0 cm³/mol. The molecule has 0 amide bonds. The molecule has 1 heterocycles. The van der Waals surface area contributed by atoms with Gasteiger partial charge in [0.25, 0.3) is 0 Å². The second-order valence-electron chi connectivity index (χ2n) is 1.91. The van der Waals surface area contributed by atoms with Crippen molar-refractivity contribution in [1.82, 2.24) is 9.55 Å². The number of imidazole rings is 1. The zero-order valence-electron chi connectivity index (χ0n) is 5.30. The second kappa shape index (κ2) is 2.75. The summed E-state index contributed by atoms with van der Waals surface area (Å²) in [7, 11) is 0. The minimum absolute atomic E-state index is 0.165. The Bertz CT molecular complexity index is 286. The van der Waals surface area contributed by atoms with E-state index in [0.717, 1.165) is 0 Å². The van der Waals surface area contributed by atoms with Crippen LogP contribution < -0.4 is 5.69 Å². The standard InChI is InChI=1S/C6H7ClN2O/c1-5(7)4-9-3-2-8-6(9)10/h2-3H,1,4H2,(H,8,10). The minimum Gasteiger partial charge on any atom is -0.313 e. The zero-order valence-corrected chi connectivity index (χ0v) is 6.06. The van der Waals surface area contributed by atoms with Crippen molar-refractivity contribution in [2.45, 2.75) is 6.54 Å². The molecule has 0 atom stereocenters. The first-order valence-electron chi connectivity index (χ1n) is 2.77. The molecule has 0 bridgehead atoms. The third kappa shape index (κ3) is 1.51. The predicted octanol–water partition coefficient (Wildman–Crippen LogP) is 0.929. The highest BCUT2D eigenvalue weighted by molar-refractivity contribution is 6.29. The number of halogens is 1. The van der Waals surface area contributed by atoms with Crippen molar-refractivity contribution in [2.75, 3.05) is 0 Å². The molecule has 1 aromatic heterocycles. The molecule has 1 N–H and O–H groups in total. The maximum Gasteiger partial charge on any atom is 0.325 e. The Kier molecular flexibility index (Phi) is 1.97. The van der Waals surface area contributed by atoms with E-state index in [-0.39, 0.29) is 5.69 Å². The number of hydrogen-bond acceptors (Lipinski definition) is 1. The Morgan fingerprint density at radius 1 is 1.90 bits per heavy atom. The topological polar surface area (TPSA) is 37.8 Å². The van der Waals surface area contributed by atoms with Crippen LogP contribution in [-0.4, -0.2) is 9.55 Å². The number of nitrogens with one attached hydrogen (secondary N) is 1. The van der Waals surface area contributed by atoms with E-state index in [1.54, 1.807) is 12.4 Å². The summed E-state index contributed by atoms with van der Waals surface area (Å²) in [6.45, 7) is 3.83. The molecule has 0 saturated heterocycles. The van der Waals surface area contributed by atoms with Crippen LogP contribution in [0.5, 0.6) is 0 Å². The molecule has 0 saturated carbocycles. The molecule has 0 aromatic carbocycles. The first-order valence-corrected chi connectivity index (χ1v) is 3.15. The smallest absolute Gasteiger partial charge is 0.313 e. The molecule has 0 aliphatic carbocycles. The van der Waals surface area contributed by atoms with Gasteiger partial charge in [-0.05, 0) is 0 Å². The van der Waals surface area contributed by atoms with E-state index in [1.807, 2.05) is 0 Å². The molecule has 1 aromatic rings. The van der Waals surface area contributed by atoms with Gasteiger partial charge in [0.2, 0.25) is 0 Å². The van der Waals surface area contributed by atoms with E-state index in [9.17, 15) is 4.79 Å². The Morgan fingerprint density at radius 2 is 2.60 bits per heavy atom. The first kappa shape index (κ1) is 7.15. The van der Waals surface area contributed by atoms with Crippen LogP contribution in [0.4, 0.5) is 0 Å². The van der Waals surface area contributed by atoms with Gasteiger partial charge in [-0.2, -0.15) is 0 Å². The number of aromatic amines is 1. The van der Waals surface area contributed by atoms with E-state index in [1.165, 1.54) is 4.57 Å². The summed E-state index contributed by atoms with van der Waals surface area (Å²) in [4.78, 5) is 13.2. The molecule has 3 nitrogen and oxygen atoms in total. The van der Waals surface area contributed by atoms with Gasteiger partial charge in [-0.1, -0.05) is 18.2 Å². The summed E-state index contributed by atoms with van der Waals surface area (Å²) < 4.78 is 1.44. The second-order valence-corrected chi connectivity index (χ2v) is 2.44. The Morgan fingerprint density at radius 3 is 3.00 bits per heavy atom. The lowest BCUT2D eigenvalue weighted by molar-refractivity contribution is 0.774. The number of H-pyrrole nitrogens is 1. The van der Waals surface area contributed by atoms with Gasteiger partial charge in [-0.3, -0.25) is 4.57 Å². The summed E-state index contributed by atoms with van der Waals surface area (Å²) >= 11 is 5.47. The Labute approximate surface area is 62.9 Å². The maximum absolute atomic E-state index is 10.8.